The standard InChI is InChI=1S/C23H21F4N3O/c1-13(17-10-7-15(11-18(17)24)6-5-14-3-4-14)12-30(16-8-9-16)23(31)19-20(21(25)26)28-29(2)22(19)27/h7,10-11,14,16,21H,1,3-4,8-9,12H2,2H3. The van der Waals surface area contributed by atoms with Crippen LogP contribution in [0.2, 0.25) is 0 Å². The fourth-order valence-corrected chi connectivity index (χ4v) is 3.35. The van der Waals surface area contributed by atoms with Crippen molar-refractivity contribution in [2.45, 2.75) is 38.2 Å². The summed E-state index contributed by atoms with van der Waals surface area (Å²) in [6, 6.07) is 4.30. The van der Waals surface area contributed by atoms with Crippen molar-refractivity contribution >= 4 is 11.5 Å². The number of rotatable bonds is 6. The van der Waals surface area contributed by atoms with Crippen LogP contribution in [0.3, 0.4) is 0 Å². The SMILES string of the molecule is C=C(CN(C(=O)c1c(C(F)F)nn(C)c1F)C1CC1)c1ccc(C#CC2CC2)cc1F. The second-order valence-corrected chi connectivity index (χ2v) is 7.98. The Morgan fingerprint density at radius 2 is 2.00 bits per heavy atom. The van der Waals surface area contributed by atoms with E-state index in [1.165, 1.54) is 11.0 Å². The van der Waals surface area contributed by atoms with Crippen LogP contribution in [-0.4, -0.2) is 33.2 Å². The van der Waals surface area contributed by atoms with Crippen LogP contribution in [0.15, 0.2) is 24.8 Å². The van der Waals surface area contributed by atoms with Gasteiger partial charge in [-0.05, 0) is 43.4 Å². The molecular weight excluding hydrogens is 410 g/mol. The van der Waals surface area contributed by atoms with E-state index in [0.29, 0.717) is 34.6 Å². The lowest BCUT2D eigenvalue weighted by molar-refractivity contribution is 0.0747. The Labute approximate surface area is 177 Å². The van der Waals surface area contributed by atoms with E-state index in [1.54, 1.807) is 12.1 Å². The molecule has 0 radical (unpaired) electrons. The minimum Gasteiger partial charge on any atom is -0.331 e. The van der Waals surface area contributed by atoms with Crippen LogP contribution in [0.1, 0.15) is 59.3 Å². The van der Waals surface area contributed by atoms with E-state index in [1.807, 2.05) is 0 Å². The van der Waals surface area contributed by atoms with Gasteiger partial charge >= 0.3 is 0 Å². The Hall–Kier alpha value is -3.08. The van der Waals surface area contributed by atoms with Crippen molar-refractivity contribution in [3.05, 3.63) is 58.9 Å². The minimum atomic E-state index is -3.10. The molecule has 2 fully saturated rings. The lowest BCUT2D eigenvalue weighted by Crippen LogP contribution is -2.35. The maximum absolute atomic E-state index is 14.7. The third-order valence-corrected chi connectivity index (χ3v) is 5.38. The molecule has 162 valence electrons. The van der Waals surface area contributed by atoms with E-state index in [4.69, 9.17) is 0 Å². The Kier molecular flexibility index (Phi) is 5.61. The van der Waals surface area contributed by atoms with Crippen LogP contribution in [-0.2, 0) is 7.05 Å². The number of carbonyl (C=O) groups excluding carboxylic acids is 1. The molecule has 0 atom stereocenters. The van der Waals surface area contributed by atoms with E-state index < -0.39 is 35.4 Å². The van der Waals surface area contributed by atoms with Crippen LogP contribution in [0.4, 0.5) is 17.6 Å². The Bertz CT molecular complexity index is 1100. The number of alkyl halides is 2. The molecule has 0 bridgehead atoms. The third kappa shape index (κ3) is 4.50. The number of carbonyl (C=O) groups is 1. The number of hydrogen-bond acceptors (Lipinski definition) is 2. The van der Waals surface area contributed by atoms with E-state index in [9.17, 15) is 22.4 Å². The molecule has 4 nitrogen and oxygen atoms in total. The highest BCUT2D eigenvalue weighted by Crippen LogP contribution is 2.33. The summed E-state index contributed by atoms with van der Waals surface area (Å²) < 4.78 is 56.3. The zero-order chi connectivity index (χ0) is 22.3. The highest BCUT2D eigenvalue weighted by molar-refractivity contribution is 5.96. The van der Waals surface area contributed by atoms with Gasteiger partial charge in [-0.25, -0.2) is 17.9 Å². The van der Waals surface area contributed by atoms with Gasteiger partial charge in [-0.2, -0.15) is 9.49 Å². The second kappa shape index (κ2) is 8.22. The highest BCUT2D eigenvalue weighted by Gasteiger charge is 2.38. The quantitative estimate of drug-likeness (QED) is 0.491. The fourth-order valence-electron chi connectivity index (χ4n) is 3.35. The summed E-state index contributed by atoms with van der Waals surface area (Å²) in [6.45, 7) is 3.77. The van der Waals surface area contributed by atoms with E-state index in [2.05, 4.69) is 23.5 Å². The zero-order valence-corrected chi connectivity index (χ0v) is 17.0. The number of hydrogen-bond donors (Lipinski definition) is 0. The smallest absolute Gasteiger partial charge is 0.283 e. The summed E-state index contributed by atoms with van der Waals surface area (Å²) in [6.07, 6.45) is 0.354. The van der Waals surface area contributed by atoms with Gasteiger partial charge in [0.05, 0.1) is 0 Å². The van der Waals surface area contributed by atoms with E-state index in [0.717, 1.165) is 19.9 Å². The normalized spacial score (nSPS) is 15.5. The monoisotopic (exact) mass is 431 g/mol. The fraction of sp³-hybridized carbons (Fsp3) is 0.391. The number of benzene rings is 1. The van der Waals surface area contributed by atoms with Crippen LogP contribution in [0, 0.1) is 29.5 Å². The predicted molar refractivity (Wildman–Crippen MR) is 107 cm³/mol. The highest BCUT2D eigenvalue weighted by atomic mass is 19.3. The molecule has 2 aliphatic rings. The van der Waals surface area contributed by atoms with Crippen molar-refractivity contribution in [3.8, 4) is 11.8 Å². The lowest BCUT2D eigenvalue weighted by atomic mass is 10.0. The Morgan fingerprint density at radius 3 is 2.58 bits per heavy atom. The van der Waals surface area contributed by atoms with Crippen LogP contribution in [0.5, 0.6) is 0 Å². The van der Waals surface area contributed by atoms with Crippen molar-refractivity contribution in [1.29, 1.82) is 0 Å². The maximum Gasteiger partial charge on any atom is 0.283 e. The molecule has 0 aliphatic heterocycles. The molecule has 1 aromatic heterocycles. The number of aromatic nitrogens is 2. The van der Waals surface area contributed by atoms with Crippen molar-refractivity contribution < 1.29 is 22.4 Å². The lowest BCUT2D eigenvalue weighted by Gasteiger charge is -2.24. The molecule has 2 aromatic rings. The molecule has 4 rings (SSSR count). The Morgan fingerprint density at radius 1 is 1.29 bits per heavy atom. The molecule has 1 heterocycles. The first-order valence-corrected chi connectivity index (χ1v) is 10.1. The van der Waals surface area contributed by atoms with Crippen molar-refractivity contribution in [2.24, 2.45) is 13.0 Å². The topological polar surface area (TPSA) is 38.1 Å². The number of halogens is 4. The molecular formula is C23H21F4N3O. The first kappa shape index (κ1) is 21.2. The van der Waals surface area contributed by atoms with Crippen molar-refractivity contribution in [1.82, 2.24) is 14.7 Å². The van der Waals surface area contributed by atoms with Gasteiger partial charge in [0.2, 0.25) is 5.95 Å². The van der Waals surface area contributed by atoms with Gasteiger partial charge in [0.1, 0.15) is 17.1 Å². The van der Waals surface area contributed by atoms with Gasteiger partial charge in [-0.1, -0.05) is 24.5 Å². The first-order chi connectivity index (χ1) is 14.8. The van der Waals surface area contributed by atoms with Crippen molar-refractivity contribution in [2.75, 3.05) is 6.54 Å². The van der Waals surface area contributed by atoms with Crippen LogP contribution < -0.4 is 0 Å². The maximum atomic E-state index is 14.7. The van der Waals surface area contributed by atoms with Gasteiger partial charge in [0.15, 0.2) is 0 Å². The zero-order valence-electron chi connectivity index (χ0n) is 17.0. The van der Waals surface area contributed by atoms with Crippen LogP contribution >= 0.6 is 0 Å². The summed E-state index contributed by atoms with van der Waals surface area (Å²) in [7, 11) is 1.15. The van der Waals surface area contributed by atoms with Gasteiger partial charge in [-0.15, -0.1) is 0 Å². The number of aryl methyl sites for hydroxylation is 1. The summed E-state index contributed by atoms with van der Waals surface area (Å²) in [4.78, 5) is 14.3. The molecule has 2 aliphatic carbocycles. The molecule has 8 heteroatoms. The average Bonchev–Trinajstić information content (AvgIpc) is 3.64. The number of amides is 1. The van der Waals surface area contributed by atoms with Gasteiger partial charge in [0, 0.05) is 36.7 Å². The number of nitrogens with zero attached hydrogens (tertiary/aromatic N) is 3. The second-order valence-electron chi connectivity index (χ2n) is 7.98. The molecule has 1 aromatic carbocycles. The molecule has 0 unspecified atom stereocenters. The largest absolute Gasteiger partial charge is 0.331 e. The summed E-state index contributed by atoms with van der Waals surface area (Å²) in [5.74, 6) is 3.85. The summed E-state index contributed by atoms with van der Waals surface area (Å²) in [5.41, 5.74) is -0.594. The molecule has 2 saturated carbocycles. The molecule has 0 N–H and O–H groups in total. The molecule has 31 heavy (non-hydrogen) atoms. The molecule has 0 spiro atoms. The van der Waals surface area contributed by atoms with E-state index in [-0.39, 0.29) is 18.2 Å². The summed E-state index contributed by atoms with van der Waals surface area (Å²) >= 11 is 0. The van der Waals surface area contributed by atoms with Gasteiger partial charge in [0.25, 0.3) is 12.3 Å². The van der Waals surface area contributed by atoms with Gasteiger partial charge in [-0.3, -0.25) is 4.79 Å². The average molecular weight is 431 g/mol. The first-order valence-electron chi connectivity index (χ1n) is 10.1. The van der Waals surface area contributed by atoms with Gasteiger partial charge < -0.3 is 4.90 Å². The van der Waals surface area contributed by atoms with Crippen LogP contribution in [0.25, 0.3) is 5.57 Å². The third-order valence-electron chi connectivity index (χ3n) is 5.38. The van der Waals surface area contributed by atoms with E-state index >= 15 is 0 Å². The molecule has 0 saturated heterocycles. The minimum absolute atomic E-state index is 0.107. The summed E-state index contributed by atoms with van der Waals surface area (Å²) in [5, 5.41) is 3.44. The van der Waals surface area contributed by atoms with Crippen molar-refractivity contribution in [3.63, 3.8) is 0 Å². The Balaban J connectivity index is 1.56. The predicted octanol–water partition coefficient (Wildman–Crippen LogP) is 4.72. The molecule has 1 amide bonds.